The minimum Gasteiger partial charge on any atom is -0.373 e. The second-order valence-electron chi connectivity index (χ2n) is 1.49. The van der Waals surface area contributed by atoms with Gasteiger partial charge in [-0.3, -0.25) is 10.4 Å². The van der Waals surface area contributed by atoms with Gasteiger partial charge in [-0.2, -0.15) is 0 Å². The van der Waals surface area contributed by atoms with Gasteiger partial charge < -0.3 is 4.84 Å². The molecule has 1 aliphatic heterocycles. The van der Waals surface area contributed by atoms with Crippen molar-refractivity contribution in [1.29, 1.82) is 0 Å². The number of thiocarbonyl (C=S) groups is 1. The van der Waals surface area contributed by atoms with Gasteiger partial charge in [-0.25, -0.2) is 0 Å². The summed E-state index contributed by atoms with van der Waals surface area (Å²) in [5.41, 5.74) is 4.22. The van der Waals surface area contributed by atoms with Crippen LogP contribution in [0.3, 0.4) is 0 Å². The molecule has 50 valence electrons. The van der Waals surface area contributed by atoms with Crippen LogP contribution in [0.25, 0.3) is 0 Å². The smallest absolute Gasteiger partial charge is 0.133 e. The molecule has 9 heavy (non-hydrogen) atoms. The molecule has 1 aliphatic rings. The first-order valence-electron chi connectivity index (χ1n) is 2.41. The predicted molar refractivity (Wildman–Crippen MR) is 36.6 cm³/mol. The van der Waals surface area contributed by atoms with Gasteiger partial charge in [-0.05, 0) is 0 Å². The summed E-state index contributed by atoms with van der Waals surface area (Å²) in [4.78, 5) is 4.88. The Labute approximate surface area is 58.6 Å². The Balaban J connectivity index is 2.35. The number of nitrogens with zero attached hydrogens (tertiary/aromatic N) is 2. The van der Waals surface area contributed by atoms with Gasteiger partial charge in [0.2, 0.25) is 0 Å². The minimum atomic E-state index is 1.40. The van der Waals surface area contributed by atoms with Crippen LogP contribution < -0.4 is 5.43 Å². The molecule has 0 atom stereocenters. The van der Waals surface area contributed by atoms with Crippen molar-refractivity contribution < 1.29 is 4.84 Å². The largest absolute Gasteiger partial charge is 0.373 e. The van der Waals surface area contributed by atoms with Crippen LogP contribution in [0.2, 0.25) is 0 Å². The zero-order valence-corrected chi connectivity index (χ0v) is 5.76. The maximum Gasteiger partial charge on any atom is 0.133 e. The molecule has 1 heterocycles. The third kappa shape index (κ3) is 1.30. The van der Waals surface area contributed by atoms with E-state index in [0.717, 1.165) is 0 Å². The molecule has 5 heteroatoms. The van der Waals surface area contributed by atoms with Crippen molar-refractivity contribution in [3.05, 3.63) is 12.5 Å². The van der Waals surface area contributed by atoms with Crippen LogP contribution in [-0.2, 0) is 4.84 Å². The first kappa shape index (κ1) is 6.31. The molecule has 0 spiro atoms. The molecule has 0 aromatic heterocycles. The van der Waals surface area contributed by atoms with Gasteiger partial charge in [0.1, 0.15) is 6.26 Å². The lowest BCUT2D eigenvalue weighted by Crippen LogP contribution is -2.41. The van der Waals surface area contributed by atoms with Crippen LogP contribution >= 0.6 is 12.2 Å². The summed E-state index contributed by atoms with van der Waals surface area (Å²) in [7, 11) is 1.77. The van der Waals surface area contributed by atoms with Crippen molar-refractivity contribution in [1.82, 2.24) is 15.7 Å². The maximum absolute atomic E-state index is 4.88. The second kappa shape index (κ2) is 2.65. The molecule has 4 nitrogen and oxygen atoms in total. The van der Waals surface area contributed by atoms with Crippen molar-refractivity contribution in [2.24, 2.45) is 0 Å². The molecule has 1 N–H and O–H groups in total. The fraction of sp³-hybridized carbons (Fsp3) is 0.250. The zero-order valence-electron chi connectivity index (χ0n) is 4.94. The number of hydrogen-bond donors (Lipinski definition) is 1. The zero-order chi connectivity index (χ0) is 6.69. The Morgan fingerprint density at radius 3 is 3.11 bits per heavy atom. The third-order valence-corrected chi connectivity index (χ3v) is 1.16. The van der Waals surface area contributed by atoms with E-state index in [1.165, 1.54) is 17.0 Å². The molecule has 0 fully saturated rings. The van der Waals surface area contributed by atoms with E-state index >= 15 is 0 Å². The number of rotatable bonds is 2. The maximum atomic E-state index is 4.88. The lowest BCUT2D eigenvalue weighted by molar-refractivity contribution is -0.217. The molecule has 0 aromatic rings. The SMILES string of the molecule is CN(C=S)N1NC=CO1. The standard InChI is InChI=1S/C4H7N3OS/c1-6(4-9)7-5-2-3-8-7/h2-5H,1H3. The third-order valence-electron chi connectivity index (χ3n) is 0.853. The van der Waals surface area contributed by atoms with E-state index in [-0.39, 0.29) is 0 Å². The molecule has 0 saturated carbocycles. The summed E-state index contributed by atoms with van der Waals surface area (Å²) in [6.45, 7) is 0. The van der Waals surface area contributed by atoms with Gasteiger partial charge >= 0.3 is 0 Å². The van der Waals surface area contributed by atoms with Gasteiger partial charge in [0.05, 0.1) is 11.7 Å². The molecule has 0 aromatic carbocycles. The summed E-state index contributed by atoms with van der Waals surface area (Å²) >= 11 is 4.62. The molecule has 0 saturated heterocycles. The summed E-state index contributed by atoms with van der Waals surface area (Å²) in [6.07, 6.45) is 3.19. The van der Waals surface area contributed by atoms with E-state index < -0.39 is 0 Å². The van der Waals surface area contributed by atoms with Gasteiger partial charge in [0.25, 0.3) is 0 Å². The van der Waals surface area contributed by atoms with Crippen LogP contribution in [0.15, 0.2) is 12.5 Å². The van der Waals surface area contributed by atoms with Crippen LogP contribution in [0, 0.1) is 0 Å². The number of nitrogens with one attached hydrogen (secondary N) is 1. The van der Waals surface area contributed by atoms with Crippen LogP contribution in [-0.4, -0.2) is 22.8 Å². The van der Waals surface area contributed by atoms with Crippen molar-refractivity contribution in [2.45, 2.75) is 0 Å². The van der Waals surface area contributed by atoms with E-state index in [1.807, 2.05) is 0 Å². The van der Waals surface area contributed by atoms with E-state index in [9.17, 15) is 0 Å². The Hall–Kier alpha value is -0.810. The van der Waals surface area contributed by atoms with Gasteiger partial charge in [-0.1, -0.05) is 12.2 Å². The average molecular weight is 145 g/mol. The molecule has 0 unspecified atom stereocenters. The molecule has 0 bridgehead atoms. The van der Waals surface area contributed by atoms with E-state index in [0.29, 0.717) is 0 Å². The number of hydrazine groups is 2. The molecule has 0 radical (unpaired) electrons. The Kier molecular flexibility index (Phi) is 1.86. The minimum absolute atomic E-state index is 1.40. The lowest BCUT2D eigenvalue weighted by atomic mass is 11.0. The van der Waals surface area contributed by atoms with Crippen LogP contribution in [0.5, 0.6) is 0 Å². The monoisotopic (exact) mass is 145 g/mol. The first-order valence-corrected chi connectivity index (χ1v) is 2.88. The Bertz CT molecular complexity index is 130. The lowest BCUT2D eigenvalue weighted by Gasteiger charge is -2.21. The Morgan fingerprint density at radius 2 is 2.67 bits per heavy atom. The topological polar surface area (TPSA) is 27.7 Å². The highest BCUT2D eigenvalue weighted by atomic mass is 32.1. The summed E-state index contributed by atoms with van der Waals surface area (Å²) in [6, 6.07) is 0. The average Bonchev–Trinajstić information content (AvgIpc) is 2.37. The highest BCUT2D eigenvalue weighted by molar-refractivity contribution is 7.78. The van der Waals surface area contributed by atoms with Gasteiger partial charge in [0.15, 0.2) is 0 Å². The normalized spacial score (nSPS) is 16.6. The Morgan fingerprint density at radius 1 is 1.89 bits per heavy atom. The van der Waals surface area contributed by atoms with Crippen LogP contribution in [0.1, 0.15) is 0 Å². The van der Waals surface area contributed by atoms with Crippen molar-refractivity contribution in [2.75, 3.05) is 7.05 Å². The fourth-order valence-corrected chi connectivity index (χ4v) is 0.507. The second-order valence-corrected chi connectivity index (χ2v) is 1.70. The summed E-state index contributed by atoms with van der Waals surface area (Å²) in [5, 5.41) is 2.99. The molecule has 1 rings (SSSR count). The van der Waals surface area contributed by atoms with E-state index in [4.69, 9.17) is 4.84 Å². The van der Waals surface area contributed by atoms with Gasteiger partial charge in [-0.15, -0.1) is 0 Å². The molecular formula is C4H7N3OS. The van der Waals surface area contributed by atoms with E-state index in [1.54, 1.807) is 18.3 Å². The summed E-state index contributed by atoms with van der Waals surface area (Å²) in [5.74, 6) is 0. The van der Waals surface area contributed by atoms with Crippen molar-refractivity contribution in [3.63, 3.8) is 0 Å². The fourth-order valence-electron chi connectivity index (χ4n) is 0.421. The molecule has 0 aliphatic carbocycles. The highest BCUT2D eigenvalue weighted by Crippen LogP contribution is 1.95. The van der Waals surface area contributed by atoms with Gasteiger partial charge in [0, 0.05) is 12.3 Å². The van der Waals surface area contributed by atoms with Crippen LogP contribution in [0.4, 0.5) is 0 Å². The first-order chi connectivity index (χ1) is 4.34. The van der Waals surface area contributed by atoms with Crippen molar-refractivity contribution in [3.8, 4) is 0 Å². The summed E-state index contributed by atoms with van der Waals surface area (Å²) < 4.78 is 0. The van der Waals surface area contributed by atoms with Crippen molar-refractivity contribution >= 4 is 17.7 Å². The number of hydrogen-bond acceptors (Lipinski definition) is 4. The molecular weight excluding hydrogens is 138 g/mol. The quantitative estimate of drug-likeness (QED) is 0.553. The van der Waals surface area contributed by atoms with E-state index in [2.05, 4.69) is 17.6 Å². The highest BCUT2D eigenvalue weighted by Gasteiger charge is 2.08. The predicted octanol–water partition coefficient (Wildman–Crippen LogP) is 0.0134. The molecule has 0 amide bonds.